The molecule has 1 aliphatic heterocycles. The van der Waals surface area contributed by atoms with E-state index in [0.717, 1.165) is 31.9 Å². The molecule has 0 bridgehead atoms. The van der Waals surface area contributed by atoms with Crippen LogP contribution in [0.5, 0.6) is 0 Å². The number of rotatable bonds is 5. The summed E-state index contributed by atoms with van der Waals surface area (Å²) in [5, 5.41) is 2.94. The topological polar surface area (TPSA) is 48.7 Å². The Hall–Kier alpha value is -2.43. The molecule has 3 rings (SSSR count). The summed E-state index contributed by atoms with van der Waals surface area (Å²) in [6, 6.07) is 10.3. The third kappa shape index (κ3) is 4.46. The zero-order valence-corrected chi connectivity index (χ0v) is 16.9. The maximum absolute atomic E-state index is 12.4. The van der Waals surface area contributed by atoms with E-state index in [0.29, 0.717) is 18.4 Å². The summed E-state index contributed by atoms with van der Waals surface area (Å²) in [7, 11) is 0. The van der Waals surface area contributed by atoms with Gasteiger partial charge in [0, 0.05) is 31.9 Å². The molecule has 1 aromatic carbocycles. The Morgan fingerprint density at radius 3 is 2.15 bits per heavy atom. The fourth-order valence-electron chi connectivity index (χ4n) is 3.70. The Kier molecular flexibility index (Phi) is 6.09. The largest absolute Gasteiger partial charge is 0.467 e. The van der Waals surface area contributed by atoms with Crippen LogP contribution in [-0.4, -0.2) is 37.1 Å². The molecule has 2 amide bonds. The SMILES string of the molecule is CC(C)c1cccc(C(C)C)c1N1CCN(C(=O)NCc2ccco2)CC1. The predicted octanol–water partition coefficient (Wildman–Crippen LogP) is 4.56. The highest BCUT2D eigenvalue weighted by Gasteiger charge is 2.25. The average Bonchev–Trinajstić information content (AvgIpc) is 3.19. The minimum absolute atomic E-state index is 0.0210. The van der Waals surface area contributed by atoms with Crippen LogP contribution in [0.2, 0.25) is 0 Å². The molecule has 0 radical (unpaired) electrons. The van der Waals surface area contributed by atoms with Gasteiger partial charge in [0.1, 0.15) is 5.76 Å². The first-order chi connectivity index (χ1) is 13.0. The van der Waals surface area contributed by atoms with Crippen LogP contribution >= 0.6 is 0 Å². The minimum Gasteiger partial charge on any atom is -0.467 e. The van der Waals surface area contributed by atoms with Crippen LogP contribution < -0.4 is 10.2 Å². The molecule has 0 spiro atoms. The summed E-state index contributed by atoms with van der Waals surface area (Å²) >= 11 is 0. The summed E-state index contributed by atoms with van der Waals surface area (Å²) in [6.07, 6.45) is 1.62. The van der Waals surface area contributed by atoms with Crippen molar-refractivity contribution in [3.63, 3.8) is 0 Å². The van der Waals surface area contributed by atoms with Crippen LogP contribution in [0.15, 0.2) is 41.0 Å². The van der Waals surface area contributed by atoms with Gasteiger partial charge in [-0.15, -0.1) is 0 Å². The number of furan rings is 1. The lowest BCUT2D eigenvalue weighted by atomic mass is 9.91. The molecule has 0 saturated carbocycles. The maximum Gasteiger partial charge on any atom is 0.317 e. The molecular formula is C22H31N3O2. The van der Waals surface area contributed by atoms with Crippen molar-refractivity contribution >= 4 is 11.7 Å². The van der Waals surface area contributed by atoms with E-state index in [1.54, 1.807) is 6.26 Å². The Morgan fingerprint density at radius 2 is 1.63 bits per heavy atom. The molecule has 146 valence electrons. The third-order valence-electron chi connectivity index (χ3n) is 5.22. The van der Waals surface area contributed by atoms with E-state index in [4.69, 9.17) is 4.42 Å². The lowest BCUT2D eigenvalue weighted by molar-refractivity contribution is 0.193. The second-order valence-corrected chi connectivity index (χ2v) is 7.81. The highest BCUT2D eigenvalue weighted by atomic mass is 16.3. The highest BCUT2D eigenvalue weighted by Crippen LogP contribution is 2.35. The highest BCUT2D eigenvalue weighted by molar-refractivity contribution is 5.74. The molecule has 1 aromatic heterocycles. The van der Waals surface area contributed by atoms with Crippen molar-refractivity contribution in [2.45, 2.75) is 46.1 Å². The van der Waals surface area contributed by atoms with Gasteiger partial charge >= 0.3 is 6.03 Å². The lowest BCUT2D eigenvalue weighted by Gasteiger charge is -2.39. The number of para-hydroxylation sites is 1. The van der Waals surface area contributed by atoms with Crippen LogP contribution in [0, 0.1) is 0 Å². The molecule has 5 heteroatoms. The van der Waals surface area contributed by atoms with Crippen molar-refractivity contribution in [1.82, 2.24) is 10.2 Å². The number of amides is 2. The van der Waals surface area contributed by atoms with Gasteiger partial charge in [-0.25, -0.2) is 4.79 Å². The number of hydrogen-bond acceptors (Lipinski definition) is 3. The van der Waals surface area contributed by atoms with Crippen molar-refractivity contribution in [3.05, 3.63) is 53.5 Å². The van der Waals surface area contributed by atoms with E-state index in [9.17, 15) is 4.79 Å². The van der Waals surface area contributed by atoms with Gasteiger partial charge in [-0.2, -0.15) is 0 Å². The molecule has 0 unspecified atom stereocenters. The van der Waals surface area contributed by atoms with Crippen molar-refractivity contribution in [1.29, 1.82) is 0 Å². The van der Waals surface area contributed by atoms with E-state index >= 15 is 0 Å². The van der Waals surface area contributed by atoms with Crippen LogP contribution in [-0.2, 0) is 6.54 Å². The van der Waals surface area contributed by atoms with Gasteiger partial charge in [0.05, 0.1) is 12.8 Å². The molecule has 0 atom stereocenters. The molecule has 1 saturated heterocycles. The van der Waals surface area contributed by atoms with Crippen molar-refractivity contribution in [2.24, 2.45) is 0 Å². The van der Waals surface area contributed by atoms with Crippen molar-refractivity contribution in [2.75, 3.05) is 31.1 Å². The molecule has 1 fully saturated rings. The number of benzene rings is 1. The summed E-state index contributed by atoms with van der Waals surface area (Å²) in [6.45, 7) is 12.6. The van der Waals surface area contributed by atoms with E-state index in [1.165, 1.54) is 16.8 Å². The number of carbonyl (C=O) groups is 1. The minimum atomic E-state index is -0.0210. The normalized spacial score (nSPS) is 14.9. The van der Waals surface area contributed by atoms with Gasteiger partial charge in [-0.3, -0.25) is 0 Å². The number of urea groups is 1. The van der Waals surface area contributed by atoms with Crippen molar-refractivity contribution in [3.8, 4) is 0 Å². The fourth-order valence-corrected chi connectivity index (χ4v) is 3.70. The quantitative estimate of drug-likeness (QED) is 0.841. The lowest BCUT2D eigenvalue weighted by Crippen LogP contribution is -2.52. The molecule has 1 N–H and O–H groups in total. The standard InChI is InChI=1S/C22H31N3O2/c1-16(2)19-8-5-9-20(17(3)4)21(19)24-10-12-25(13-11-24)22(26)23-15-18-7-6-14-27-18/h5-9,14,16-17H,10-13,15H2,1-4H3,(H,23,26). The Bertz CT molecular complexity index is 719. The zero-order chi connectivity index (χ0) is 19.4. The van der Waals surface area contributed by atoms with E-state index < -0.39 is 0 Å². The van der Waals surface area contributed by atoms with Crippen LogP contribution in [0.4, 0.5) is 10.5 Å². The second-order valence-electron chi connectivity index (χ2n) is 7.81. The van der Waals surface area contributed by atoms with Crippen molar-refractivity contribution < 1.29 is 9.21 Å². The number of nitrogens with one attached hydrogen (secondary N) is 1. The molecule has 2 heterocycles. The van der Waals surface area contributed by atoms with Gasteiger partial charge in [-0.1, -0.05) is 45.9 Å². The first-order valence-electron chi connectivity index (χ1n) is 9.90. The van der Waals surface area contributed by atoms with E-state index in [2.05, 4.69) is 56.1 Å². The molecule has 0 aliphatic carbocycles. The van der Waals surface area contributed by atoms with Gasteiger partial charge in [0.15, 0.2) is 0 Å². The van der Waals surface area contributed by atoms with E-state index in [-0.39, 0.29) is 6.03 Å². The van der Waals surface area contributed by atoms with Crippen LogP contribution in [0.3, 0.4) is 0 Å². The Labute approximate surface area is 162 Å². The smallest absolute Gasteiger partial charge is 0.317 e. The first-order valence-corrected chi connectivity index (χ1v) is 9.90. The maximum atomic E-state index is 12.4. The first kappa shape index (κ1) is 19.3. The average molecular weight is 370 g/mol. The Balaban J connectivity index is 1.66. The molecule has 5 nitrogen and oxygen atoms in total. The monoisotopic (exact) mass is 369 g/mol. The number of carbonyl (C=O) groups excluding carboxylic acids is 1. The molecule has 27 heavy (non-hydrogen) atoms. The van der Waals surface area contributed by atoms with Crippen LogP contribution in [0.1, 0.15) is 56.4 Å². The second kappa shape index (κ2) is 8.51. The van der Waals surface area contributed by atoms with Gasteiger partial charge in [0.2, 0.25) is 0 Å². The fraction of sp³-hybridized carbons (Fsp3) is 0.500. The summed E-state index contributed by atoms with van der Waals surface area (Å²) in [4.78, 5) is 16.8. The summed E-state index contributed by atoms with van der Waals surface area (Å²) in [5.41, 5.74) is 4.17. The molecule has 2 aromatic rings. The predicted molar refractivity (Wildman–Crippen MR) is 109 cm³/mol. The molecular weight excluding hydrogens is 338 g/mol. The summed E-state index contributed by atoms with van der Waals surface area (Å²) in [5.74, 6) is 1.73. The number of piperazine rings is 1. The molecule has 1 aliphatic rings. The van der Waals surface area contributed by atoms with E-state index in [1.807, 2.05) is 17.0 Å². The van der Waals surface area contributed by atoms with Gasteiger partial charge in [0.25, 0.3) is 0 Å². The number of hydrogen-bond donors (Lipinski definition) is 1. The third-order valence-corrected chi connectivity index (χ3v) is 5.22. The van der Waals surface area contributed by atoms with Crippen LogP contribution in [0.25, 0.3) is 0 Å². The van der Waals surface area contributed by atoms with Gasteiger partial charge < -0.3 is 19.5 Å². The van der Waals surface area contributed by atoms with Gasteiger partial charge in [-0.05, 0) is 35.1 Å². The number of nitrogens with zero attached hydrogens (tertiary/aromatic N) is 2. The zero-order valence-electron chi connectivity index (χ0n) is 16.9. The summed E-state index contributed by atoms with van der Waals surface area (Å²) < 4.78 is 5.28. The Morgan fingerprint density at radius 1 is 1.00 bits per heavy atom. The number of anilines is 1.